The fraction of sp³-hybridized carbons (Fsp3) is 0.389. The van der Waals surface area contributed by atoms with Crippen LogP contribution >= 0.6 is 0 Å². The van der Waals surface area contributed by atoms with Crippen molar-refractivity contribution in [1.82, 2.24) is 19.9 Å². The smallest absolute Gasteiger partial charge is 0.228 e. The molecule has 0 spiro atoms. The maximum absolute atomic E-state index is 5.87. The van der Waals surface area contributed by atoms with Crippen LogP contribution in [0, 0.1) is 5.92 Å². The number of rotatable bonds is 4. The molecular formula is C18H22N6O. The number of hydrogen-bond donors (Lipinski definition) is 2. The van der Waals surface area contributed by atoms with Crippen molar-refractivity contribution in [1.29, 1.82) is 0 Å². The first-order chi connectivity index (χ1) is 12.3. The highest BCUT2D eigenvalue weighted by atomic mass is 16.5. The van der Waals surface area contributed by atoms with Crippen LogP contribution in [0.1, 0.15) is 12.8 Å². The molecule has 1 aromatic carbocycles. The molecule has 3 aromatic rings. The molecular weight excluding hydrogens is 316 g/mol. The van der Waals surface area contributed by atoms with Crippen LogP contribution in [0.15, 0.2) is 30.6 Å². The lowest BCUT2D eigenvalue weighted by molar-refractivity contribution is 0.415. The van der Waals surface area contributed by atoms with Crippen LogP contribution in [-0.4, -0.2) is 46.7 Å². The molecule has 3 N–H and O–H groups in total. The molecule has 3 heterocycles. The Morgan fingerprint density at radius 1 is 1.28 bits per heavy atom. The van der Waals surface area contributed by atoms with Gasteiger partial charge in [0.25, 0.3) is 0 Å². The Hall–Kier alpha value is -2.67. The Morgan fingerprint density at radius 2 is 2.12 bits per heavy atom. The second-order valence-electron chi connectivity index (χ2n) is 6.39. The van der Waals surface area contributed by atoms with Crippen LogP contribution in [0.5, 0.6) is 5.75 Å². The van der Waals surface area contributed by atoms with Crippen molar-refractivity contribution in [3.63, 3.8) is 0 Å². The van der Waals surface area contributed by atoms with Crippen molar-refractivity contribution in [3.8, 4) is 17.0 Å². The Kier molecular flexibility index (Phi) is 4.23. The Morgan fingerprint density at radius 3 is 2.88 bits per heavy atom. The molecule has 0 bridgehead atoms. The van der Waals surface area contributed by atoms with Gasteiger partial charge >= 0.3 is 0 Å². The second kappa shape index (κ2) is 6.68. The molecule has 1 aliphatic rings. The predicted octanol–water partition coefficient (Wildman–Crippen LogP) is 2.20. The summed E-state index contributed by atoms with van der Waals surface area (Å²) in [5.74, 6) is 2.04. The van der Waals surface area contributed by atoms with Gasteiger partial charge in [0.05, 0.1) is 13.4 Å². The summed E-state index contributed by atoms with van der Waals surface area (Å²) in [5.41, 5.74) is 9.27. The number of anilines is 1. The lowest BCUT2D eigenvalue weighted by Crippen LogP contribution is -2.39. The number of methoxy groups -OCH3 is 1. The summed E-state index contributed by atoms with van der Waals surface area (Å²) >= 11 is 0. The van der Waals surface area contributed by atoms with Crippen molar-refractivity contribution in [2.24, 2.45) is 11.7 Å². The van der Waals surface area contributed by atoms with E-state index < -0.39 is 0 Å². The van der Waals surface area contributed by atoms with Crippen LogP contribution in [0.2, 0.25) is 0 Å². The van der Waals surface area contributed by atoms with Gasteiger partial charge in [0.15, 0.2) is 5.65 Å². The van der Waals surface area contributed by atoms with Gasteiger partial charge in [0.2, 0.25) is 5.95 Å². The molecule has 0 radical (unpaired) electrons. The number of nitrogens with zero attached hydrogens (tertiary/aromatic N) is 4. The monoisotopic (exact) mass is 338 g/mol. The van der Waals surface area contributed by atoms with Crippen LogP contribution in [0.3, 0.4) is 0 Å². The van der Waals surface area contributed by atoms with E-state index in [2.05, 4.69) is 19.9 Å². The van der Waals surface area contributed by atoms with Gasteiger partial charge in [-0.05, 0) is 49.6 Å². The summed E-state index contributed by atoms with van der Waals surface area (Å²) < 4.78 is 5.25. The maximum Gasteiger partial charge on any atom is 0.228 e. The summed E-state index contributed by atoms with van der Waals surface area (Å²) in [7, 11) is 1.66. The van der Waals surface area contributed by atoms with Gasteiger partial charge in [-0.15, -0.1) is 0 Å². The van der Waals surface area contributed by atoms with Gasteiger partial charge in [0.1, 0.15) is 17.0 Å². The summed E-state index contributed by atoms with van der Waals surface area (Å²) in [4.78, 5) is 19.2. The van der Waals surface area contributed by atoms with Crippen LogP contribution in [-0.2, 0) is 0 Å². The van der Waals surface area contributed by atoms with E-state index in [0.717, 1.165) is 48.0 Å². The molecule has 0 amide bonds. The molecule has 1 fully saturated rings. The lowest BCUT2D eigenvalue weighted by Gasteiger charge is -2.32. The highest BCUT2D eigenvalue weighted by molar-refractivity contribution is 5.88. The molecule has 1 unspecified atom stereocenters. The first-order valence-electron chi connectivity index (χ1n) is 8.59. The Bertz CT molecular complexity index is 860. The number of hydrogen-bond acceptors (Lipinski definition) is 6. The average molecular weight is 338 g/mol. The minimum absolute atomic E-state index is 0.497. The molecule has 1 aliphatic heterocycles. The van der Waals surface area contributed by atoms with Gasteiger partial charge in [-0.25, -0.2) is 9.97 Å². The average Bonchev–Trinajstić information content (AvgIpc) is 3.16. The third-order valence-corrected chi connectivity index (χ3v) is 4.77. The number of ether oxygens (including phenoxy) is 1. The van der Waals surface area contributed by atoms with Crippen molar-refractivity contribution in [2.45, 2.75) is 12.8 Å². The number of piperidine rings is 1. The number of aromatic amines is 1. The fourth-order valence-corrected chi connectivity index (χ4v) is 3.36. The second-order valence-corrected chi connectivity index (χ2v) is 6.39. The quantitative estimate of drug-likeness (QED) is 0.757. The lowest BCUT2D eigenvalue weighted by atomic mass is 9.99. The van der Waals surface area contributed by atoms with Gasteiger partial charge in [-0.1, -0.05) is 0 Å². The molecule has 2 aromatic heterocycles. The molecule has 4 rings (SSSR count). The van der Waals surface area contributed by atoms with Gasteiger partial charge in [-0.2, -0.15) is 4.98 Å². The largest absolute Gasteiger partial charge is 0.497 e. The van der Waals surface area contributed by atoms with Crippen LogP contribution in [0.4, 0.5) is 5.95 Å². The van der Waals surface area contributed by atoms with Crippen molar-refractivity contribution in [3.05, 3.63) is 30.6 Å². The number of imidazole rings is 1. The summed E-state index contributed by atoms with van der Waals surface area (Å²) in [6.45, 7) is 2.55. The molecule has 1 atom stereocenters. The van der Waals surface area contributed by atoms with E-state index >= 15 is 0 Å². The van der Waals surface area contributed by atoms with E-state index in [4.69, 9.17) is 15.5 Å². The summed E-state index contributed by atoms with van der Waals surface area (Å²) in [6, 6.07) is 7.88. The molecule has 1 saturated heterocycles. The summed E-state index contributed by atoms with van der Waals surface area (Å²) in [5, 5.41) is 0. The SMILES string of the molecule is COc1ccc(-c2nc(N3CCCC(CN)C3)nc3nc[nH]c23)cc1. The maximum atomic E-state index is 5.87. The number of H-pyrrole nitrogens is 1. The van der Waals surface area contributed by atoms with Crippen LogP contribution in [0.25, 0.3) is 22.4 Å². The van der Waals surface area contributed by atoms with E-state index in [1.54, 1.807) is 13.4 Å². The molecule has 7 nitrogen and oxygen atoms in total. The fourth-order valence-electron chi connectivity index (χ4n) is 3.36. The number of nitrogens with one attached hydrogen (secondary N) is 1. The van der Waals surface area contributed by atoms with Gasteiger partial charge in [-0.3, -0.25) is 0 Å². The first kappa shape index (κ1) is 15.8. The summed E-state index contributed by atoms with van der Waals surface area (Å²) in [6.07, 6.45) is 3.94. The number of aromatic nitrogens is 4. The molecule has 0 saturated carbocycles. The number of fused-ring (bicyclic) bond motifs is 1. The Labute approximate surface area is 146 Å². The van der Waals surface area contributed by atoms with E-state index in [-0.39, 0.29) is 0 Å². The Balaban J connectivity index is 1.76. The first-order valence-corrected chi connectivity index (χ1v) is 8.59. The number of nitrogens with two attached hydrogens (primary N) is 1. The molecule has 25 heavy (non-hydrogen) atoms. The van der Waals surface area contributed by atoms with E-state index in [1.807, 2.05) is 24.3 Å². The highest BCUT2D eigenvalue weighted by Crippen LogP contribution is 2.29. The van der Waals surface area contributed by atoms with E-state index in [1.165, 1.54) is 6.42 Å². The minimum Gasteiger partial charge on any atom is -0.497 e. The van der Waals surface area contributed by atoms with E-state index in [9.17, 15) is 0 Å². The predicted molar refractivity (Wildman–Crippen MR) is 97.7 cm³/mol. The van der Waals surface area contributed by atoms with Crippen LogP contribution < -0.4 is 15.4 Å². The zero-order chi connectivity index (χ0) is 17.2. The topological polar surface area (TPSA) is 92.9 Å². The molecule has 130 valence electrons. The highest BCUT2D eigenvalue weighted by Gasteiger charge is 2.22. The third-order valence-electron chi connectivity index (χ3n) is 4.77. The zero-order valence-corrected chi connectivity index (χ0v) is 14.3. The molecule has 7 heteroatoms. The minimum atomic E-state index is 0.497. The van der Waals surface area contributed by atoms with Gasteiger partial charge < -0.3 is 20.4 Å². The standard InChI is InChI=1S/C18H22N6O/c1-25-14-6-4-13(5-7-14)15-16-17(21-11-20-16)23-18(22-15)24-8-2-3-12(9-19)10-24/h4-7,11-12H,2-3,8-10,19H2,1H3,(H,20,21,22,23). The van der Waals surface area contributed by atoms with Crippen molar-refractivity contribution >= 4 is 17.1 Å². The number of benzene rings is 1. The van der Waals surface area contributed by atoms with Crippen molar-refractivity contribution < 1.29 is 4.74 Å². The van der Waals surface area contributed by atoms with E-state index in [0.29, 0.717) is 18.1 Å². The molecule has 0 aliphatic carbocycles. The van der Waals surface area contributed by atoms with Crippen molar-refractivity contribution in [2.75, 3.05) is 31.6 Å². The third kappa shape index (κ3) is 3.02. The zero-order valence-electron chi connectivity index (χ0n) is 14.3. The van der Waals surface area contributed by atoms with Gasteiger partial charge in [0, 0.05) is 18.7 Å². The normalized spacial score (nSPS) is 17.8.